The highest BCUT2D eigenvalue weighted by molar-refractivity contribution is 5.87. The molecule has 35 heavy (non-hydrogen) atoms. The van der Waals surface area contributed by atoms with E-state index < -0.39 is 5.97 Å². The summed E-state index contributed by atoms with van der Waals surface area (Å²) >= 11 is 0. The molecule has 0 radical (unpaired) electrons. The molecule has 7 nitrogen and oxygen atoms in total. The summed E-state index contributed by atoms with van der Waals surface area (Å²) in [5.74, 6) is -0.414. The molecule has 186 valence electrons. The molecule has 5 rings (SSSR count). The molecule has 0 spiro atoms. The van der Waals surface area contributed by atoms with Gasteiger partial charge in [0.05, 0.1) is 13.2 Å². The van der Waals surface area contributed by atoms with E-state index in [1.165, 1.54) is 31.9 Å². The molecule has 2 aliphatic heterocycles. The summed E-state index contributed by atoms with van der Waals surface area (Å²) in [7, 11) is 1.36. The third kappa shape index (κ3) is 5.20. The van der Waals surface area contributed by atoms with E-state index in [-0.39, 0.29) is 18.1 Å². The molecule has 7 heteroatoms. The number of nitrogens with zero attached hydrogens (tertiary/aromatic N) is 4. The van der Waals surface area contributed by atoms with Crippen LogP contribution in [0.4, 0.5) is 4.79 Å². The Balaban J connectivity index is 1.25. The Morgan fingerprint density at radius 1 is 0.971 bits per heavy atom. The van der Waals surface area contributed by atoms with Gasteiger partial charge in [-0.25, -0.2) is 14.6 Å². The molecular weight excluding hydrogens is 440 g/mol. The van der Waals surface area contributed by atoms with E-state index in [0.29, 0.717) is 11.7 Å². The van der Waals surface area contributed by atoms with Gasteiger partial charge in [0.15, 0.2) is 0 Å². The molecule has 0 bridgehead atoms. The van der Waals surface area contributed by atoms with Crippen LogP contribution in [0, 0.1) is 0 Å². The average Bonchev–Trinajstić information content (AvgIpc) is 3.27. The second kappa shape index (κ2) is 10.8. The fourth-order valence-corrected chi connectivity index (χ4v) is 6.04. The third-order valence-corrected chi connectivity index (χ3v) is 7.95. The Morgan fingerprint density at radius 3 is 2.37 bits per heavy atom. The number of esters is 1. The van der Waals surface area contributed by atoms with Gasteiger partial charge in [-0.3, -0.25) is 4.90 Å². The maximum absolute atomic E-state index is 13.8. The molecule has 1 saturated carbocycles. The van der Waals surface area contributed by atoms with Gasteiger partial charge in [0.25, 0.3) is 0 Å². The Bertz CT molecular complexity index is 999. The predicted octanol–water partition coefficient (Wildman–Crippen LogP) is 4.64. The highest BCUT2D eigenvalue weighted by Crippen LogP contribution is 2.38. The minimum absolute atomic E-state index is 0.136. The maximum Gasteiger partial charge on any atom is 0.356 e. The summed E-state index contributed by atoms with van der Waals surface area (Å²) in [5.41, 5.74) is 2.66. The van der Waals surface area contributed by atoms with Crippen LogP contribution in [0.5, 0.6) is 0 Å². The highest BCUT2D eigenvalue weighted by Gasteiger charge is 2.45. The van der Waals surface area contributed by atoms with Gasteiger partial charge >= 0.3 is 12.0 Å². The van der Waals surface area contributed by atoms with Crippen LogP contribution < -0.4 is 0 Å². The van der Waals surface area contributed by atoms with Crippen LogP contribution >= 0.6 is 0 Å². The summed E-state index contributed by atoms with van der Waals surface area (Å²) in [6.07, 6.45) is 9.75. The van der Waals surface area contributed by atoms with Crippen LogP contribution in [-0.4, -0.2) is 70.5 Å². The van der Waals surface area contributed by atoms with E-state index in [9.17, 15) is 9.59 Å². The quantitative estimate of drug-likeness (QED) is 0.568. The SMILES string of the molecule is COC(=O)c1ccc(CN2CCC(N3C(=O)N(C4CCCCC4)CC3c3ccccc3)CC2)cn1. The lowest BCUT2D eigenvalue weighted by atomic mass is 9.94. The molecule has 1 unspecified atom stereocenters. The fourth-order valence-electron chi connectivity index (χ4n) is 6.04. The number of aromatic nitrogens is 1. The van der Waals surface area contributed by atoms with E-state index in [4.69, 9.17) is 4.74 Å². The van der Waals surface area contributed by atoms with Crippen LogP contribution in [0.3, 0.4) is 0 Å². The van der Waals surface area contributed by atoms with Crippen LogP contribution in [-0.2, 0) is 11.3 Å². The molecule has 1 aliphatic carbocycles. The molecule has 2 aromatic rings. The smallest absolute Gasteiger partial charge is 0.356 e. The normalized spacial score (nSPS) is 22.5. The summed E-state index contributed by atoms with van der Waals surface area (Å²) < 4.78 is 4.73. The largest absolute Gasteiger partial charge is 0.464 e. The first-order chi connectivity index (χ1) is 17.1. The minimum atomic E-state index is -0.414. The monoisotopic (exact) mass is 476 g/mol. The van der Waals surface area contributed by atoms with E-state index in [0.717, 1.165) is 57.4 Å². The number of carbonyl (C=O) groups excluding carboxylic acids is 2. The summed E-state index contributed by atoms with van der Waals surface area (Å²) in [6, 6.07) is 15.3. The molecule has 2 amide bonds. The number of piperidine rings is 1. The Kier molecular flexibility index (Phi) is 7.32. The highest BCUT2D eigenvalue weighted by atomic mass is 16.5. The maximum atomic E-state index is 13.8. The molecule has 3 aliphatic rings. The molecule has 1 aromatic carbocycles. The number of hydrogen-bond donors (Lipinski definition) is 0. The van der Waals surface area contributed by atoms with Crippen molar-refractivity contribution in [3.8, 4) is 0 Å². The number of urea groups is 1. The second-order valence-corrected chi connectivity index (χ2v) is 10.1. The molecule has 2 saturated heterocycles. The summed E-state index contributed by atoms with van der Waals surface area (Å²) in [6.45, 7) is 3.49. The van der Waals surface area contributed by atoms with Gasteiger partial charge in [0, 0.05) is 44.5 Å². The van der Waals surface area contributed by atoms with Crippen molar-refractivity contribution < 1.29 is 14.3 Å². The number of pyridine rings is 1. The summed E-state index contributed by atoms with van der Waals surface area (Å²) in [4.78, 5) is 36.5. The van der Waals surface area contributed by atoms with Gasteiger partial charge in [0.2, 0.25) is 0 Å². The number of methoxy groups -OCH3 is 1. The van der Waals surface area contributed by atoms with Crippen LogP contribution in [0.1, 0.15) is 72.6 Å². The molecule has 3 fully saturated rings. The lowest BCUT2D eigenvalue weighted by Gasteiger charge is -2.39. The average molecular weight is 477 g/mol. The minimum Gasteiger partial charge on any atom is -0.464 e. The van der Waals surface area contributed by atoms with Gasteiger partial charge in [0.1, 0.15) is 5.69 Å². The zero-order chi connectivity index (χ0) is 24.2. The van der Waals surface area contributed by atoms with E-state index in [1.54, 1.807) is 12.3 Å². The Labute approximate surface area is 208 Å². The first-order valence-electron chi connectivity index (χ1n) is 13.0. The molecular formula is C28H36N4O3. The van der Waals surface area contributed by atoms with E-state index >= 15 is 0 Å². The first-order valence-corrected chi connectivity index (χ1v) is 13.0. The van der Waals surface area contributed by atoms with Gasteiger partial charge in [-0.2, -0.15) is 0 Å². The van der Waals surface area contributed by atoms with Crippen LogP contribution in [0.2, 0.25) is 0 Å². The number of likely N-dealkylation sites (tertiary alicyclic amines) is 1. The third-order valence-electron chi connectivity index (χ3n) is 7.95. The topological polar surface area (TPSA) is 66.0 Å². The Hall–Kier alpha value is -2.93. The Morgan fingerprint density at radius 2 is 1.71 bits per heavy atom. The number of benzene rings is 1. The molecule has 3 heterocycles. The van der Waals surface area contributed by atoms with Crippen molar-refractivity contribution in [2.75, 3.05) is 26.7 Å². The zero-order valence-corrected chi connectivity index (χ0v) is 20.6. The van der Waals surface area contributed by atoms with Crippen molar-refractivity contribution >= 4 is 12.0 Å². The van der Waals surface area contributed by atoms with Crippen molar-refractivity contribution in [1.82, 2.24) is 19.7 Å². The number of rotatable bonds is 6. The lowest BCUT2D eigenvalue weighted by molar-refractivity contribution is 0.0593. The van der Waals surface area contributed by atoms with Crippen molar-refractivity contribution in [3.05, 3.63) is 65.5 Å². The standard InChI is InChI=1S/C28H36N4O3/c1-35-27(33)25-13-12-21(18-29-25)19-30-16-14-24(15-17-30)32-26(22-8-4-2-5-9-22)20-31(28(32)34)23-10-6-3-7-11-23/h2,4-5,8-9,12-13,18,23-24,26H,3,6-7,10-11,14-17,19-20H2,1H3. The van der Waals surface area contributed by atoms with Crippen molar-refractivity contribution in [1.29, 1.82) is 0 Å². The molecule has 1 atom stereocenters. The number of ether oxygens (including phenoxy) is 1. The molecule has 1 aromatic heterocycles. The fraction of sp³-hybridized carbons (Fsp3) is 0.536. The van der Waals surface area contributed by atoms with Crippen molar-refractivity contribution in [3.63, 3.8) is 0 Å². The van der Waals surface area contributed by atoms with Crippen LogP contribution in [0.25, 0.3) is 0 Å². The molecule has 0 N–H and O–H groups in total. The number of hydrogen-bond acceptors (Lipinski definition) is 5. The summed E-state index contributed by atoms with van der Waals surface area (Å²) in [5, 5.41) is 0. The number of amides is 2. The van der Waals surface area contributed by atoms with Crippen molar-refractivity contribution in [2.24, 2.45) is 0 Å². The predicted molar refractivity (Wildman–Crippen MR) is 134 cm³/mol. The van der Waals surface area contributed by atoms with Gasteiger partial charge in [-0.15, -0.1) is 0 Å². The second-order valence-electron chi connectivity index (χ2n) is 10.1. The zero-order valence-electron chi connectivity index (χ0n) is 20.6. The van der Waals surface area contributed by atoms with Crippen molar-refractivity contribution in [2.45, 2.75) is 69.6 Å². The van der Waals surface area contributed by atoms with Gasteiger partial charge < -0.3 is 14.5 Å². The van der Waals surface area contributed by atoms with Gasteiger partial charge in [-0.05, 0) is 42.9 Å². The first kappa shape index (κ1) is 23.8. The van der Waals surface area contributed by atoms with Gasteiger partial charge in [-0.1, -0.05) is 55.7 Å². The lowest BCUT2D eigenvalue weighted by Crippen LogP contribution is -2.48. The number of carbonyl (C=O) groups is 2. The van der Waals surface area contributed by atoms with Crippen LogP contribution in [0.15, 0.2) is 48.7 Å². The van der Waals surface area contributed by atoms with E-state index in [1.807, 2.05) is 6.07 Å². The van der Waals surface area contributed by atoms with E-state index in [2.05, 4.69) is 50.0 Å².